The average Bonchev–Trinajstić information content (AvgIpc) is 3.14. The van der Waals surface area contributed by atoms with Crippen molar-refractivity contribution < 1.29 is 13.2 Å². The van der Waals surface area contributed by atoms with E-state index in [-0.39, 0.29) is 10.6 Å². The van der Waals surface area contributed by atoms with E-state index in [1.54, 1.807) is 48.5 Å². The van der Waals surface area contributed by atoms with Crippen LogP contribution in [0.5, 0.6) is 0 Å². The van der Waals surface area contributed by atoms with E-state index < -0.39 is 22.5 Å². The average molecular weight is 604 g/mol. The van der Waals surface area contributed by atoms with Crippen molar-refractivity contribution >= 4 is 62.6 Å². The van der Waals surface area contributed by atoms with Crippen molar-refractivity contribution in [2.45, 2.75) is 25.7 Å². The molecule has 4 rings (SSSR count). The maximum atomic E-state index is 13.5. The van der Waals surface area contributed by atoms with Gasteiger partial charge in [0.2, 0.25) is 0 Å². The Morgan fingerprint density at radius 3 is 2.23 bits per heavy atom. The normalized spacial score (nSPS) is 11.6. The third kappa shape index (κ3) is 6.65. The predicted molar refractivity (Wildman–Crippen MR) is 158 cm³/mol. The molecule has 202 valence electrons. The Morgan fingerprint density at radius 2 is 1.59 bits per heavy atom. The van der Waals surface area contributed by atoms with Gasteiger partial charge in [0.15, 0.2) is 0 Å². The van der Waals surface area contributed by atoms with Crippen molar-refractivity contribution in [1.82, 2.24) is 9.99 Å². The molecule has 0 radical (unpaired) electrons. The Kier molecular flexibility index (Phi) is 8.71. The number of hydrogen-bond acceptors (Lipinski definition) is 4. The molecule has 0 aliphatic carbocycles. The molecule has 1 amide bonds. The van der Waals surface area contributed by atoms with Crippen LogP contribution in [0.2, 0.25) is 15.1 Å². The van der Waals surface area contributed by atoms with Crippen LogP contribution < -0.4 is 9.73 Å². The third-order valence-electron chi connectivity index (χ3n) is 5.96. The Hall–Kier alpha value is -3.30. The maximum Gasteiger partial charge on any atom is 0.264 e. The summed E-state index contributed by atoms with van der Waals surface area (Å²) < 4.78 is 30.0. The first kappa shape index (κ1) is 28.7. The predicted octanol–water partition coefficient (Wildman–Crippen LogP) is 6.71. The van der Waals surface area contributed by atoms with Crippen LogP contribution >= 0.6 is 34.8 Å². The van der Waals surface area contributed by atoms with E-state index in [1.807, 2.05) is 31.4 Å². The van der Waals surface area contributed by atoms with Crippen molar-refractivity contribution in [3.63, 3.8) is 0 Å². The number of hydrazone groups is 1. The standard InChI is InChI=1S/C28H25Cl3N4O3S/c1-18-7-9-27(10-8-18)39(37,38)34(25-6-4-5-22(29)13-25)17-28(36)33-32-16-21-11-19(2)35(20(21)3)26-14-23(30)12-24(31)15-26/h4-16H,17H2,1-3H3,(H,33,36)/b32-16-. The van der Waals surface area contributed by atoms with Crippen molar-refractivity contribution in [3.05, 3.63) is 110 Å². The number of carbonyl (C=O) groups is 1. The number of carbonyl (C=O) groups excluding carboxylic acids is 1. The summed E-state index contributed by atoms with van der Waals surface area (Å²) in [7, 11) is -4.07. The summed E-state index contributed by atoms with van der Waals surface area (Å²) in [6, 6.07) is 19.9. The topological polar surface area (TPSA) is 83.8 Å². The first-order chi connectivity index (χ1) is 18.5. The van der Waals surface area contributed by atoms with Crippen molar-refractivity contribution in [3.8, 4) is 5.69 Å². The van der Waals surface area contributed by atoms with Gasteiger partial charge in [0, 0.05) is 37.7 Å². The van der Waals surface area contributed by atoms with E-state index in [0.29, 0.717) is 15.1 Å². The lowest BCUT2D eigenvalue weighted by Gasteiger charge is -2.24. The van der Waals surface area contributed by atoms with Gasteiger partial charge < -0.3 is 4.57 Å². The van der Waals surface area contributed by atoms with Crippen molar-refractivity contribution in [2.24, 2.45) is 5.10 Å². The molecular weight excluding hydrogens is 579 g/mol. The van der Waals surface area contributed by atoms with Crippen LogP contribution in [0.3, 0.4) is 0 Å². The van der Waals surface area contributed by atoms with Crippen LogP contribution in [0.25, 0.3) is 5.69 Å². The van der Waals surface area contributed by atoms with Gasteiger partial charge >= 0.3 is 0 Å². The van der Waals surface area contributed by atoms with E-state index in [4.69, 9.17) is 34.8 Å². The molecule has 0 bridgehead atoms. The smallest absolute Gasteiger partial charge is 0.264 e. The number of rotatable bonds is 8. The lowest BCUT2D eigenvalue weighted by Crippen LogP contribution is -2.39. The lowest BCUT2D eigenvalue weighted by atomic mass is 10.2. The van der Waals surface area contributed by atoms with Gasteiger partial charge in [0.25, 0.3) is 15.9 Å². The molecule has 3 aromatic carbocycles. The number of nitrogens with zero attached hydrogens (tertiary/aromatic N) is 3. The number of hydrogen-bond donors (Lipinski definition) is 1. The summed E-state index contributed by atoms with van der Waals surface area (Å²) in [6.45, 7) is 5.18. The van der Waals surface area contributed by atoms with Crippen LogP contribution in [0.1, 0.15) is 22.5 Å². The van der Waals surface area contributed by atoms with Gasteiger partial charge in [-0.2, -0.15) is 5.10 Å². The number of nitrogens with one attached hydrogen (secondary N) is 1. The number of benzene rings is 3. The van der Waals surface area contributed by atoms with Gasteiger partial charge in [-0.25, -0.2) is 13.8 Å². The fraction of sp³-hybridized carbons (Fsp3) is 0.143. The van der Waals surface area contributed by atoms with Gasteiger partial charge in [0.05, 0.1) is 16.8 Å². The number of aromatic nitrogens is 1. The number of amides is 1. The number of halogens is 3. The highest BCUT2D eigenvalue weighted by atomic mass is 35.5. The molecule has 11 heteroatoms. The summed E-state index contributed by atoms with van der Waals surface area (Å²) >= 11 is 18.5. The van der Waals surface area contributed by atoms with Crippen molar-refractivity contribution in [1.29, 1.82) is 0 Å². The second-order valence-corrected chi connectivity index (χ2v) is 12.1. The fourth-order valence-electron chi connectivity index (χ4n) is 4.11. The van der Waals surface area contributed by atoms with Gasteiger partial charge in [-0.15, -0.1) is 0 Å². The number of anilines is 1. The van der Waals surface area contributed by atoms with E-state index >= 15 is 0 Å². The van der Waals surface area contributed by atoms with E-state index in [9.17, 15) is 13.2 Å². The van der Waals surface area contributed by atoms with Crippen molar-refractivity contribution in [2.75, 3.05) is 10.8 Å². The molecule has 0 saturated heterocycles. The zero-order valence-corrected chi connectivity index (χ0v) is 24.4. The second-order valence-electron chi connectivity index (χ2n) is 8.89. The Labute approximate surface area is 242 Å². The van der Waals surface area contributed by atoms with Gasteiger partial charge in [-0.3, -0.25) is 9.10 Å². The Balaban J connectivity index is 1.56. The number of aryl methyl sites for hydroxylation is 2. The van der Waals surface area contributed by atoms with Gasteiger partial charge in [-0.1, -0.05) is 58.6 Å². The molecule has 0 fully saturated rings. The van der Waals surface area contributed by atoms with Crippen LogP contribution in [0.4, 0.5) is 5.69 Å². The van der Waals surface area contributed by atoms with Crippen LogP contribution in [0, 0.1) is 20.8 Å². The number of sulfonamides is 1. The minimum absolute atomic E-state index is 0.0536. The molecular formula is C28H25Cl3N4O3S. The molecule has 0 aliphatic heterocycles. The molecule has 0 saturated carbocycles. The summed E-state index contributed by atoms with van der Waals surface area (Å²) in [5.74, 6) is -0.627. The zero-order chi connectivity index (χ0) is 28.3. The van der Waals surface area contributed by atoms with Crippen LogP contribution in [0.15, 0.2) is 82.8 Å². The SMILES string of the molecule is Cc1ccc(S(=O)(=O)N(CC(=O)N/N=C\c2cc(C)n(-c3cc(Cl)cc(Cl)c3)c2C)c2cccc(Cl)c2)cc1. The minimum atomic E-state index is -4.07. The van der Waals surface area contributed by atoms with E-state index in [2.05, 4.69) is 10.5 Å². The second kappa shape index (κ2) is 11.8. The summed E-state index contributed by atoms with van der Waals surface area (Å²) in [5, 5.41) is 5.44. The molecule has 7 nitrogen and oxygen atoms in total. The van der Waals surface area contributed by atoms with Gasteiger partial charge in [-0.05, 0) is 75.4 Å². The highest BCUT2D eigenvalue weighted by Crippen LogP contribution is 2.27. The zero-order valence-electron chi connectivity index (χ0n) is 21.3. The Morgan fingerprint density at radius 1 is 0.923 bits per heavy atom. The molecule has 0 spiro atoms. The summed E-state index contributed by atoms with van der Waals surface area (Å²) in [4.78, 5) is 12.9. The molecule has 4 aromatic rings. The monoisotopic (exact) mass is 602 g/mol. The van der Waals surface area contributed by atoms with Crippen LogP contribution in [-0.2, 0) is 14.8 Å². The maximum absolute atomic E-state index is 13.5. The van der Waals surface area contributed by atoms with Gasteiger partial charge in [0.1, 0.15) is 6.54 Å². The van der Waals surface area contributed by atoms with E-state index in [0.717, 1.165) is 32.5 Å². The first-order valence-electron chi connectivity index (χ1n) is 11.8. The minimum Gasteiger partial charge on any atom is -0.318 e. The summed E-state index contributed by atoms with van der Waals surface area (Å²) in [5.41, 5.74) is 6.91. The summed E-state index contributed by atoms with van der Waals surface area (Å²) in [6.07, 6.45) is 1.50. The fourth-order valence-corrected chi connectivity index (χ4v) is 6.22. The van der Waals surface area contributed by atoms with E-state index in [1.165, 1.54) is 24.4 Å². The largest absolute Gasteiger partial charge is 0.318 e. The highest BCUT2D eigenvalue weighted by molar-refractivity contribution is 7.92. The van der Waals surface area contributed by atoms with Crippen LogP contribution in [-0.4, -0.2) is 31.7 Å². The lowest BCUT2D eigenvalue weighted by molar-refractivity contribution is -0.119. The quantitative estimate of drug-likeness (QED) is 0.180. The molecule has 1 N–H and O–H groups in total. The molecule has 39 heavy (non-hydrogen) atoms. The molecule has 0 aliphatic rings. The molecule has 1 heterocycles. The molecule has 0 atom stereocenters. The Bertz CT molecular complexity index is 1650. The third-order valence-corrected chi connectivity index (χ3v) is 8.42. The highest BCUT2D eigenvalue weighted by Gasteiger charge is 2.27. The molecule has 0 unspecified atom stereocenters. The molecule has 1 aromatic heterocycles. The first-order valence-corrected chi connectivity index (χ1v) is 14.4.